The molecule has 0 bridgehead atoms. The summed E-state index contributed by atoms with van der Waals surface area (Å²) in [5.74, 6) is 0.752. The molecule has 1 atom stereocenters. The standard InChI is InChI=1S/C15H13N5O2S/c21-15(14-12(5-6-23-14)20-9-17-18-19-20)16-8-11-7-10-3-1-2-4-13(10)22-11/h1-6,9,11H,7-8H2,(H,16,21)/t11-/m1/s1. The molecule has 2 aromatic heterocycles. The second kappa shape index (κ2) is 5.81. The molecule has 4 rings (SSSR count). The zero-order chi connectivity index (χ0) is 15.6. The van der Waals surface area contributed by atoms with Crippen molar-refractivity contribution in [3.8, 4) is 11.4 Å². The van der Waals surface area contributed by atoms with Crippen LogP contribution in [0.1, 0.15) is 15.2 Å². The molecule has 1 N–H and O–H groups in total. The number of fused-ring (bicyclic) bond motifs is 1. The van der Waals surface area contributed by atoms with Gasteiger partial charge < -0.3 is 10.1 Å². The van der Waals surface area contributed by atoms with Gasteiger partial charge in [0, 0.05) is 6.42 Å². The van der Waals surface area contributed by atoms with Crippen molar-refractivity contribution in [2.45, 2.75) is 12.5 Å². The molecule has 0 aliphatic carbocycles. The van der Waals surface area contributed by atoms with Crippen LogP contribution in [0, 0.1) is 0 Å². The van der Waals surface area contributed by atoms with E-state index in [9.17, 15) is 4.79 Å². The van der Waals surface area contributed by atoms with E-state index in [-0.39, 0.29) is 12.0 Å². The van der Waals surface area contributed by atoms with Crippen LogP contribution in [-0.4, -0.2) is 38.8 Å². The summed E-state index contributed by atoms with van der Waals surface area (Å²) in [6.45, 7) is 0.459. The lowest BCUT2D eigenvalue weighted by molar-refractivity contribution is 0.0937. The topological polar surface area (TPSA) is 81.9 Å². The third-order valence-electron chi connectivity index (χ3n) is 3.65. The summed E-state index contributed by atoms with van der Waals surface area (Å²) in [4.78, 5) is 13.0. The van der Waals surface area contributed by atoms with Crippen LogP contribution in [0.15, 0.2) is 42.0 Å². The summed E-state index contributed by atoms with van der Waals surface area (Å²) < 4.78 is 7.31. The van der Waals surface area contributed by atoms with Crippen molar-refractivity contribution in [2.75, 3.05) is 6.54 Å². The molecule has 1 aliphatic rings. The molecule has 23 heavy (non-hydrogen) atoms. The van der Waals surface area contributed by atoms with E-state index in [1.165, 1.54) is 27.9 Å². The van der Waals surface area contributed by atoms with E-state index < -0.39 is 0 Å². The molecule has 7 nitrogen and oxygen atoms in total. The van der Waals surface area contributed by atoms with Crippen molar-refractivity contribution in [3.05, 3.63) is 52.5 Å². The predicted molar refractivity (Wildman–Crippen MR) is 83.9 cm³/mol. The van der Waals surface area contributed by atoms with Crippen LogP contribution in [-0.2, 0) is 6.42 Å². The Morgan fingerprint density at radius 3 is 3.13 bits per heavy atom. The minimum atomic E-state index is -0.148. The SMILES string of the molecule is O=C(NC[C@H]1Cc2ccccc2O1)c1sccc1-n1cnnn1. The number of thiophene rings is 1. The van der Waals surface area contributed by atoms with Crippen molar-refractivity contribution in [2.24, 2.45) is 0 Å². The monoisotopic (exact) mass is 327 g/mol. The number of nitrogens with one attached hydrogen (secondary N) is 1. The van der Waals surface area contributed by atoms with Gasteiger partial charge in [-0.05, 0) is 33.5 Å². The maximum absolute atomic E-state index is 12.4. The van der Waals surface area contributed by atoms with Crippen molar-refractivity contribution in [3.63, 3.8) is 0 Å². The van der Waals surface area contributed by atoms with Gasteiger partial charge in [-0.1, -0.05) is 18.2 Å². The van der Waals surface area contributed by atoms with Gasteiger partial charge in [-0.2, -0.15) is 4.68 Å². The summed E-state index contributed by atoms with van der Waals surface area (Å²) in [6.07, 6.45) is 2.24. The lowest BCUT2D eigenvalue weighted by atomic mass is 10.1. The average Bonchev–Trinajstić information content (AvgIpc) is 3.31. The van der Waals surface area contributed by atoms with Gasteiger partial charge in [-0.25, -0.2) is 0 Å². The highest BCUT2D eigenvalue weighted by Crippen LogP contribution is 2.28. The van der Waals surface area contributed by atoms with Crippen molar-refractivity contribution in [1.82, 2.24) is 25.5 Å². The highest BCUT2D eigenvalue weighted by atomic mass is 32.1. The first-order chi connectivity index (χ1) is 11.3. The van der Waals surface area contributed by atoms with Gasteiger partial charge in [-0.3, -0.25) is 4.79 Å². The molecule has 3 heterocycles. The lowest BCUT2D eigenvalue weighted by Gasteiger charge is -2.12. The molecule has 0 spiro atoms. The predicted octanol–water partition coefficient (Wildman–Crippen LogP) is 1.46. The summed E-state index contributed by atoms with van der Waals surface area (Å²) in [5, 5.41) is 15.8. The number of tetrazole rings is 1. The molecule has 1 aliphatic heterocycles. The quantitative estimate of drug-likeness (QED) is 0.784. The van der Waals surface area contributed by atoms with Crippen molar-refractivity contribution in [1.29, 1.82) is 0 Å². The van der Waals surface area contributed by atoms with Crippen molar-refractivity contribution < 1.29 is 9.53 Å². The van der Waals surface area contributed by atoms with E-state index >= 15 is 0 Å². The molecule has 3 aromatic rings. The first-order valence-corrected chi connectivity index (χ1v) is 8.03. The smallest absolute Gasteiger partial charge is 0.263 e. The van der Waals surface area contributed by atoms with Crippen LogP contribution in [0.3, 0.4) is 0 Å². The summed E-state index contributed by atoms with van der Waals surface area (Å²) in [7, 11) is 0. The molecule has 0 saturated heterocycles. The zero-order valence-corrected chi connectivity index (χ0v) is 12.9. The van der Waals surface area contributed by atoms with Crippen LogP contribution < -0.4 is 10.1 Å². The largest absolute Gasteiger partial charge is 0.488 e. The van der Waals surface area contributed by atoms with E-state index in [0.717, 1.165) is 12.2 Å². The molecule has 0 radical (unpaired) electrons. The second-order valence-corrected chi connectivity index (χ2v) is 6.07. The van der Waals surface area contributed by atoms with Gasteiger partial charge in [-0.15, -0.1) is 16.4 Å². The number of hydrogen-bond acceptors (Lipinski definition) is 6. The van der Waals surface area contributed by atoms with Gasteiger partial charge >= 0.3 is 0 Å². The normalized spacial score (nSPS) is 15.9. The fourth-order valence-corrected chi connectivity index (χ4v) is 3.37. The molecule has 1 aromatic carbocycles. The Balaban J connectivity index is 1.41. The van der Waals surface area contributed by atoms with Gasteiger partial charge in [0.2, 0.25) is 0 Å². The maximum Gasteiger partial charge on any atom is 0.263 e. The Labute approximate surface area is 135 Å². The summed E-state index contributed by atoms with van der Waals surface area (Å²) >= 11 is 1.36. The van der Waals surface area contributed by atoms with Crippen LogP contribution >= 0.6 is 11.3 Å². The fraction of sp³-hybridized carbons (Fsp3) is 0.200. The van der Waals surface area contributed by atoms with E-state index in [1.807, 2.05) is 35.7 Å². The highest BCUT2D eigenvalue weighted by molar-refractivity contribution is 7.12. The minimum Gasteiger partial charge on any atom is -0.488 e. The maximum atomic E-state index is 12.4. The van der Waals surface area contributed by atoms with Gasteiger partial charge in [0.25, 0.3) is 5.91 Å². The zero-order valence-electron chi connectivity index (χ0n) is 12.0. The minimum absolute atomic E-state index is 0.0344. The number of amides is 1. The molecular weight excluding hydrogens is 314 g/mol. The number of hydrogen-bond donors (Lipinski definition) is 1. The Morgan fingerprint density at radius 1 is 1.39 bits per heavy atom. The average molecular weight is 327 g/mol. The van der Waals surface area contributed by atoms with Crippen LogP contribution in [0.2, 0.25) is 0 Å². The number of ether oxygens (including phenoxy) is 1. The molecule has 0 saturated carbocycles. The van der Waals surface area contributed by atoms with E-state index in [2.05, 4.69) is 20.8 Å². The Hall–Kier alpha value is -2.74. The Morgan fingerprint density at radius 2 is 2.30 bits per heavy atom. The van der Waals surface area contributed by atoms with Gasteiger partial charge in [0.1, 0.15) is 23.1 Å². The van der Waals surface area contributed by atoms with Crippen molar-refractivity contribution >= 4 is 17.2 Å². The van der Waals surface area contributed by atoms with Gasteiger partial charge in [0.05, 0.1) is 12.2 Å². The number of carbonyl (C=O) groups is 1. The number of aromatic nitrogens is 4. The lowest BCUT2D eigenvalue weighted by Crippen LogP contribution is -2.34. The summed E-state index contributed by atoms with van der Waals surface area (Å²) in [5.41, 5.74) is 1.85. The first kappa shape index (κ1) is 13.9. The fourth-order valence-electron chi connectivity index (χ4n) is 2.58. The van der Waals surface area contributed by atoms with E-state index in [4.69, 9.17) is 4.74 Å². The first-order valence-electron chi connectivity index (χ1n) is 7.15. The summed E-state index contributed by atoms with van der Waals surface area (Å²) in [6, 6.07) is 9.76. The molecule has 116 valence electrons. The van der Waals surface area contributed by atoms with E-state index in [0.29, 0.717) is 17.1 Å². The second-order valence-electron chi connectivity index (χ2n) is 5.15. The van der Waals surface area contributed by atoms with Crippen LogP contribution in [0.4, 0.5) is 0 Å². The molecule has 1 amide bonds. The Kier molecular flexibility index (Phi) is 3.51. The number of nitrogens with zero attached hydrogens (tertiary/aromatic N) is 4. The molecular formula is C15H13N5O2S. The van der Waals surface area contributed by atoms with Crippen LogP contribution in [0.5, 0.6) is 5.75 Å². The molecule has 0 unspecified atom stereocenters. The number of para-hydroxylation sites is 1. The van der Waals surface area contributed by atoms with E-state index in [1.54, 1.807) is 0 Å². The Bertz CT molecular complexity index is 805. The van der Waals surface area contributed by atoms with Crippen LogP contribution in [0.25, 0.3) is 5.69 Å². The third-order valence-corrected chi connectivity index (χ3v) is 4.55. The number of benzene rings is 1. The number of carbonyl (C=O) groups excluding carboxylic acids is 1. The number of rotatable bonds is 4. The molecule has 8 heteroatoms. The van der Waals surface area contributed by atoms with Gasteiger partial charge in [0.15, 0.2) is 0 Å². The highest BCUT2D eigenvalue weighted by Gasteiger charge is 2.23. The third kappa shape index (κ3) is 2.68. The molecule has 0 fully saturated rings.